The first kappa shape index (κ1) is 15.2. The SMILES string of the molecule is CCCc1nsc(NCC2(CC(=O)O)CCCCC2)n1. The van der Waals surface area contributed by atoms with Crippen LogP contribution in [0.15, 0.2) is 0 Å². The molecule has 0 aromatic carbocycles. The second-order valence-electron chi connectivity index (χ2n) is 5.75. The van der Waals surface area contributed by atoms with Crippen LogP contribution in [-0.2, 0) is 11.2 Å². The van der Waals surface area contributed by atoms with Crippen LogP contribution in [0.25, 0.3) is 0 Å². The number of carboxylic acids is 1. The molecule has 0 aliphatic heterocycles. The molecule has 0 radical (unpaired) electrons. The summed E-state index contributed by atoms with van der Waals surface area (Å²) < 4.78 is 4.31. The normalized spacial score (nSPS) is 17.9. The average molecular weight is 297 g/mol. The highest BCUT2D eigenvalue weighted by atomic mass is 32.1. The van der Waals surface area contributed by atoms with E-state index in [1.54, 1.807) is 0 Å². The summed E-state index contributed by atoms with van der Waals surface area (Å²) in [5.41, 5.74) is -0.110. The van der Waals surface area contributed by atoms with E-state index >= 15 is 0 Å². The number of carbonyl (C=O) groups is 1. The fourth-order valence-electron chi connectivity index (χ4n) is 2.95. The molecular weight excluding hydrogens is 274 g/mol. The van der Waals surface area contributed by atoms with Crippen LogP contribution >= 0.6 is 11.5 Å². The van der Waals surface area contributed by atoms with Gasteiger partial charge in [0.15, 0.2) is 0 Å². The van der Waals surface area contributed by atoms with Crippen LogP contribution in [0.4, 0.5) is 5.13 Å². The number of carboxylic acid groups (broad SMARTS) is 1. The number of aliphatic carboxylic acids is 1. The van der Waals surface area contributed by atoms with Crippen LogP contribution < -0.4 is 5.32 Å². The predicted octanol–water partition coefficient (Wildman–Crippen LogP) is 3.33. The van der Waals surface area contributed by atoms with E-state index in [-0.39, 0.29) is 11.8 Å². The summed E-state index contributed by atoms with van der Waals surface area (Å²) in [6.45, 7) is 2.80. The van der Waals surface area contributed by atoms with Crippen LogP contribution in [0.2, 0.25) is 0 Å². The topological polar surface area (TPSA) is 75.1 Å². The zero-order valence-electron chi connectivity index (χ0n) is 12.0. The second kappa shape index (κ2) is 7.02. The van der Waals surface area contributed by atoms with Gasteiger partial charge in [-0.1, -0.05) is 26.2 Å². The number of aryl methyl sites for hydroxylation is 1. The van der Waals surface area contributed by atoms with Crippen molar-refractivity contribution >= 4 is 22.6 Å². The van der Waals surface area contributed by atoms with E-state index in [2.05, 4.69) is 21.6 Å². The number of anilines is 1. The van der Waals surface area contributed by atoms with E-state index in [1.165, 1.54) is 18.0 Å². The maximum absolute atomic E-state index is 11.1. The largest absolute Gasteiger partial charge is 0.481 e. The molecule has 6 heteroatoms. The lowest BCUT2D eigenvalue weighted by molar-refractivity contribution is -0.140. The number of aromatic nitrogens is 2. The first-order valence-corrected chi connectivity index (χ1v) is 8.19. The first-order chi connectivity index (χ1) is 9.63. The summed E-state index contributed by atoms with van der Waals surface area (Å²) in [6, 6.07) is 0. The molecule has 0 atom stereocenters. The molecule has 1 saturated carbocycles. The summed E-state index contributed by atoms with van der Waals surface area (Å²) in [4.78, 5) is 15.6. The molecule has 0 saturated heterocycles. The Morgan fingerprint density at radius 1 is 1.40 bits per heavy atom. The molecule has 2 rings (SSSR count). The quantitative estimate of drug-likeness (QED) is 0.807. The predicted molar refractivity (Wildman–Crippen MR) is 80.2 cm³/mol. The second-order valence-corrected chi connectivity index (χ2v) is 6.50. The summed E-state index contributed by atoms with van der Waals surface area (Å²) in [6.07, 6.45) is 7.66. The molecule has 0 spiro atoms. The Morgan fingerprint density at radius 3 is 2.80 bits per heavy atom. The van der Waals surface area contributed by atoms with Gasteiger partial charge in [0.1, 0.15) is 5.82 Å². The van der Waals surface area contributed by atoms with Gasteiger partial charge in [-0.3, -0.25) is 4.79 Å². The Labute approximate surface area is 124 Å². The van der Waals surface area contributed by atoms with E-state index in [1.807, 2.05) is 0 Å². The van der Waals surface area contributed by atoms with Gasteiger partial charge in [-0.25, -0.2) is 4.98 Å². The van der Waals surface area contributed by atoms with Crippen molar-refractivity contribution in [2.24, 2.45) is 5.41 Å². The molecular formula is C14H23N3O2S. The third-order valence-corrected chi connectivity index (χ3v) is 4.71. The highest BCUT2D eigenvalue weighted by Gasteiger charge is 2.34. The number of nitrogens with zero attached hydrogens (tertiary/aromatic N) is 2. The highest BCUT2D eigenvalue weighted by molar-refractivity contribution is 7.09. The number of hydrogen-bond acceptors (Lipinski definition) is 5. The lowest BCUT2D eigenvalue weighted by atomic mass is 9.72. The van der Waals surface area contributed by atoms with Gasteiger partial charge < -0.3 is 10.4 Å². The summed E-state index contributed by atoms with van der Waals surface area (Å²) in [5, 5.41) is 13.3. The zero-order valence-corrected chi connectivity index (χ0v) is 12.8. The van der Waals surface area contributed by atoms with Gasteiger partial charge >= 0.3 is 5.97 Å². The summed E-state index contributed by atoms with van der Waals surface area (Å²) in [5.74, 6) is 0.188. The Balaban J connectivity index is 1.95. The van der Waals surface area contributed by atoms with E-state index in [0.29, 0.717) is 6.54 Å². The van der Waals surface area contributed by atoms with Crippen LogP contribution in [0.1, 0.15) is 57.7 Å². The molecule has 1 aliphatic carbocycles. The van der Waals surface area contributed by atoms with E-state index in [9.17, 15) is 4.79 Å². The van der Waals surface area contributed by atoms with E-state index in [0.717, 1.165) is 49.5 Å². The Hall–Kier alpha value is -1.17. The molecule has 1 aromatic rings. The van der Waals surface area contributed by atoms with Crippen molar-refractivity contribution in [1.82, 2.24) is 9.36 Å². The molecule has 2 N–H and O–H groups in total. The fourth-order valence-corrected chi connectivity index (χ4v) is 3.56. The molecule has 5 nitrogen and oxygen atoms in total. The van der Waals surface area contributed by atoms with Crippen molar-refractivity contribution in [2.45, 2.75) is 58.3 Å². The van der Waals surface area contributed by atoms with Gasteiger partial charge in [-0.05, 0) is 24.7 Å². The van der Waals surface area contributed by atoms with Crippen LogP contribution in [0.5, 0.6) is 0 Å². The zero-order chi connectivity index (χ0) is 14.4. The van der Waals surface area contributed by atoms with Crippen molar-refractivity contribution in [2.75, 3.05) is 11.9 Å². The number of nitrogens with one attached hydrogen (secondary N) is 1. The number of hydrogen-bond donors (Lipinski definition) is 2. The Morgan fingerprint density at radius 2 is 2.15 bits per heavy atom. The maximum atomic E-state index is 11.1. The summed E-state index contributed by atoms with van der Waals surface area (Å²) in [7, 11) is 0. The lowest BCUT2D eigenvalue weighted by Crippen LogP contribution is -2.34. The van der Waals surface area contributed by atoms with E-state index < -0.39 is 5.97 Å². The molecule has 0 unspecified atom stereocenters. The molecule has 1 heterocycles. The van der Waals surface area contributed by atoms with Gasteiger partial charge in [0.2, 0.25) is 5.13 Å². The van der Waals surface area contributed by atoms with Gasteiger partial charge in [0, 0.05) is 24.5 Å². The minimum Gasteiger partial charge on any atom is -0.481 e. The maximum Gasteiger partial charge on any atom is 0.303 e. The fraction of sp³-hybridized carbons (Fsp3) is 0.786. The molecule has 0 amide bonds. The first-order valence-electron chi connectivity index (χ1n) is 7.42. The summed E-state index contributed by atoms with van der Waals surface area (Å²) >= 11 is 1.38. The van der Waals surface area contributed by atoms with Crippen LogP contribution in [-0.4, -0.2) is 27.0 Å². The molecule has 1 aromatic heterocycles. The average Bonchev–Trinajstić information content (AvgIpc) is 2.85. The van der Waals surface area contributed by atoms with Crippen molar-refractivity contribution in [1.29, 1.82) is 0 Å². The van der Waals surface area contributed by atoms with Crippen LogP contribution in [0.3, 0.4) is 0 Å². The minimum atomic E-state index is -0.697. The molecule has 112 valence electrons. The van der Waals surface area contributed by atoms with Crippen molar-refractivity contribution in [3.63, 3.8) is 0 Å². The highest BCUT2D eigenvalue weighted by Crippen LogP contribution is 2.39. The Kier molecular flexibility index (Phi) is 5.34. The molecule has 1 aliphatic rings. The third-order valence-electron chi connectivity index (χ3n) is 4.00. The number of rotatable bonds is 7. The monoisotopic (exact) mass is 297 g/mol. The van der Waals surface area contributed by atoms with Gasteiger partial charge in [-0.15, -0.1) is 0 Å². The van der Waals surface area contributed by atoms with Gasteiger partial charge in [0.05, 0.1) is 6.42 Å². The Bertz CT molecular complexity index is 441. The van der Waals surface area contributed by atoms with Gasteiger partial charge in [-0.2, -0.15) is 4.37 Å². The van der Waals surface area contributed by atoms with E-state index in [4.69, 9.17) is 5.11 Å². The van der Waals surface area contributed by atoms with Crippen LogP contribution in [0, 0.1) is 5.41 Å². The molecule has 0 bridgehead atoms. The van der Waals surface area contributed by atoms with Crippen molar-refractivity contribution in [3.05, 3.63) is 5.82 Å². The molecule has 1 fully saturated rings. The smallest absolute Gasteiger partial charge is 0.303 e. The van der Waals surface area contributed by atoms with Crippen molar-refractivity contribution in [3.8, 4) is 0 Å². The van der Waals surface area contributed by atoms with Gasteiger partial charge in [0.25, 0.3) is 0 Å². The molecule has 20 heavy (non-hydrogen) atoms. The third kappa shape index (κ3) is 4.16. The minimum absolute atomic E-state index is 0.110. The lowest BCUT2D eigenvalue weighted by Gasteiger charge is -2.36. The van der Waals surface area contributed by atoms with Crippen molar-refractivity contribution < 1.29 is 9.90 Å². The standard InChI is InChI=1S/C14H23N3O2S/c1-2-6-11-16-13(20-17-11)15-10-14(9-12(18)19)7-4-3-5-8-14/h2-10H2,1H3,(H,18,19)(H,15,16,17).